The fraction of sp³-hybridized carbons (Fsp3) is 0.200. The van der Waals surface area contributed by atoms with Gasteiger partial charge in [0.2, 0.25) is 0 Å². The van der Waals surface area contributed by atoms with Crippen molar-refractivity contribution >= 4 is 17.3 Å². The smallest absolute Gasteiger partial charge is 0.120 e. The molecule has 0 radical (unpaired) electrons. The molecule has 0 aliphatic heterocycles. The lowest BCUT2D eigenvalue weighted by Gasteiger charge is -2.10. The summed E-state index contributed by atoms with van der Waals surface area (Å²) in [7, 11) is 0. The van der Waals surface area contributed by atoms with Gasteiger partial charge in [0, 0.05) is 22.8 Å². The number of phenols is 1. The van der Waals surface area contributed by atoms with E-state index < -0.39 is 0 Å². The highest BCUT2D eigenvalue weighted by atomic mass is 35.5. The van der Waals surface area contributed by atoms with Crippen LogP contribution in [0.2, 0.25) is 5.02 Å². The van der Waals surface area contributed by atoms with Crippen molar-refractivity contribution in [2.75, 3.05) is 5.32 Å². The second-order valence-corrected chi connectivity index (χ2v) is 4.86. The largest absolute Gasteiger partial charge is 0.508 e. The molecule has 0 aliphatic carbocycles. The Morgan fingerprint density at radius 1 is 1.11 bits per heavy atom. The third-order valence-corrected chi connectivity index (χ3v) is 3.30. The molecule has 0 aromatic heterocycles. The van der Waals surface area contributed by atoms with Crippen LogP contribution in [0.4, 0.5) is 5.69 Å². The monoisotopic (exact) mass is 261 g/mol. The van der Waals surface area contributed by atoms with Gasteiger partial charge in [-0.3, -0.25) is 0 Å². The molecule has 0 bridgehead atoms. The number of aromatic hydroxyl groups is 1. The van der Waals surface area contributed by atoms with Gasteiger partial charge in [-0.2, -0.15) is 0 Å². The Labute approximate surface area is 112 Å². The van der Waals surface area contributed by atoms with Gasteiger partial charge in [0.15, 0.2) is 0 Å². The van der Waals surface area contributed by atoms with E-state index in [1.165, 1.54) is 0 Å². The molecule has 0 aliphatic rings. The lowest BCUT2D eigenvalue weighted by atomic mass is 10.1. The number of nitrogens with one attached hydrogen (secondary N) is 1. The van der Waals surface area contributed by atoms with Gasteiger partial charge in [-0.15, -0.1) is 0 Å². The van der Waals surface area contributed by atoms with Gasteiger partial charge in [0.25, 0.3) is 0 Å². The van der Waals surface area contributed by atoms with E-state index in [0.29, 0.717) is 12.3 Å². The van der Waals surface area contributed by atoms with Crippen molar-refractivity contribution in [3.05, 3.63) is 58.1 Å². The van der Waals surface area contributed by atoms with Crippen LogP contribution in [-0.2, 0) is 6.54 Å². The molecular formula is C15H16ClNO. The van der Waals surface area contributed by atoms with Crippen LogP contribution in [0.15, 0.2) is 36.4 Å². The fourth-order valence-electron chi connectivity index (χ4n) is 1.76. The standard InChI is InChI=1S/C15H16ClNO/c1-10-3-6-15(18)12(7-10)9-17-13-5-4-11(2)14(16)8-13/h3-8,17-18H,9H2,1-2H3. The van der Waals surface area contributed by atoms with Crippen LogP contribution in [0, 0.1) is 13.8 Å². The fourth-order valence-corrected chi connectivity index (χ4v) is 1.94. The summed E-state index contributed by atoms with van der Waals surface area (Å²) in [6, 6.07) is 11.4. The molecule has 2 N–H and O–H groups in total. The van der Waals surface area contributed by atoms with Gasteiger partial charge in [-0.25, -0.2) is 0 Å². The molecule has 2 aromatic carbocycles. The van der Waals surface area contributed by atoms with Crippen LogP contribution in [0.1, 0.15) is 16.7 Å². The molecule has 2 rings (SSSR count). The van der Waals surface area contributed by atoms with Gasteiger partial charge in [-0.05, 0) is 37.6 Å². The number of hydrogen-bond acceptors (Lipinski definition) is 2. The number of hydrogen-bond donors (Lipinski definition) is 2. The first-order chi connectivity index (χ1) is 8.56. The van der Waals surface area contributed by atoms with Crippen LogP contribution in [0.25, 0.3) is 0 Å². The molecule has 94 valence electrons. The third kappa shape index (κ3) is 2.96. The molecule has 2 nitrogen and oxygen atoms in total. The highest BCUT2D eigenvalue weighted by molar-refractivity contribution is 6.31. The Balaban J connectivity index is 2.11. The van der Waals surface area contributed by atoms with Crippen molar-refractivity contribution in [2.24, 2.45) is 0 Å². The van der Waals surface area contributed by atoms with E-state index in [9.17, 15) is 5.11 Å². The molecule has 0 fully saturated rings. The van der Waals surface area contributed by atoms with Gasteiger partial charge in [0.1, 0.15) is 5.75 Å². The Kier molecular flexibility index (Phi) is 3.78. The molecule has 18 heavy (non-hydrogen) atoms. The molecule has 0 spiro atoms. The lowest BCUT2D eigenvalue weighted by Crippen LogP contribution is -2.00. The number of anilines is 1. The average Bonchev–Trinajstić information content (AvgIpc) is 2.34. The highest BCUT2D eigenvalue weighted by Crippen LogP contribution is 2.22. The minimum Gasteiger partial charge on any atom is -0.508 e. The molecule has 0 saturated heterocycles. The SMILES string of the molecule is Cc1ccc(O)c(CNc2ccc(C)c(Cl)c2)c1. The van der Waals surface area contributed by atoms with Gasteiger partial charge >= 0.3 is 0 Å². The van der Waals surface area contributed by atoms with E-state index in [1.807, 2.05) is 44.2 Å². The molecule has 0 heterocycles. The molecule has 0 saturated carbocycles. The summed E-state index contributed by atoms with van der Waals surface area (Å²) in [5, 5.41) is 13.7. The average molecular weight is 262 g/mol. The van der Waals surface area contributed by atoms with Crippen molar-refractivity contribution in [2.45, 2.75) is 20.4 Å². The Hall–Kier alpha value is -1.67. The minimum absolute atomic E-state index is 0.311. The van der Waals surface area contributed by atoms with E-state index in [1.54, 1.807) is 6.07 Å². The summed E-state index contributed by atoms with van der Waals surface area (Å²) < 4.78 is 0. The first kappa shape index (κ1) is 12.8. The lowest BCUT2D eigenvalue weighted by molar-refractivity contribution is 0.469. The van der Waals surface area contributed by atoms with Crippen LogP contribution in [0.5, 0.6) is 5.75 Å². The summed E-state index contributed by atoms with van der Waals surface area (Å²) in [5.41, 5.74) is 4.02. The van der Waals surface area contributed by atoms with E-state index in [2.05, 4.69) is 5.32 Å². The first-order valence-corrected chi connectivity index (χ1v) is 6.22. The molecule has 0 atom stereocenters. The zero-order chi connectivity index (χ0) is 13.1. The Morgan fingerprint density at radius 2 is 1.89 bits per heavy atom. The number of phenolic OH excluding ortho intramolecular Hbond substituents is 1. The Bertz CT molecular complexity index is 566. The summed E-state index contributed by atoms with van der Waals surface area (Å²) in [6.07, 6.45) is 0. The van der Waals surface area contributed by atoms with Crippen LogP contribution in [0.3, 0.4) is 0 Å². The molecule has 0 amide bonds. The summed E-state index contributed by atoms with van der Waals surface area (Å²) in [6.45, 7) is 4.55. The first-order valence-electron chi connectivity index (χ1n) is 5.85. The zero-order valence-electron chi connectivity index (χ0n) is 10.5. The van der Waals surface area contributed by atoms with E-state index >= 15 is 0 Å². The normalized spacial score (nSPS) is 10.4. The van der Waals surface area contributed by atoms with E-state index in [4.69, 9.17) is 11.6 Å². The second kappa shape index (κ2) is 5.32. The van der Waals surface area contributed by atoms with Crippen molar-refractivity contribution in [1.82, 2.24) is 0 Å². The molecular weight excluding hydrogens is 246 g/mol. The second-order valence-electron chi connectivity index (χ2n) is 4.45. The van der Waals surface area contributed by atoms with Crippen LogP contribution in [-0.4, -0.2) is 5.11 Å². The van der Waals surface area contributed by atoms with Gasteiger partial charge in [0.05, 0.1) is 0 Å². The Morgan fingerprint density at radius 3 is 2.61 bits per heavy atom. The maximum atomic E-state index is 9.75. The number of benzene rings is 2. The minimum atomic E-state index is 0.311. The summed E-state index contributed by atoms with van der Waals surface area (Å²) in [5.74, 6) is 0.311. The molecule has 0 unspecified atom stereocenters. The maximum Gasteiger partial charge on any atom is 0.120 e. The number of rotatable bonds is 3. The quantitative estimate of drug-likeness (QED) is 0.865. The predicted octanol–water partition coefficient (Wildman–Crippen LogP) is 4.27. The van der Waals surface area contributed by atoms with Crippen molar-refractivity contribution < 1.29 is 5.11 Å². The zero-order valence-corrected chi connectivity index (χ0v) is 11.3. The van der Waals surface area contributed by atoms with Gasteiger partial charge in [-0.1, -0.05) is 35.4 Å². The van der Waals surface area contributed by atoms with E-state index in [0.717, 1.165) is 27.4 Å². The van der Waals surface area contributed by atoms with Gasteiger partial charge < -0.3 is 10.4 Å². The number of aryl methyl sites for hydroxylation is 2. The summed E-state index contributed by atoms with van der Waals surface area (Å²) >= 11 is 6.06. The van der Waals surface area contributed by atoms with Crippen LogP contribution < -0.4 is 5.32 Å². The maximum absolute atomic E-state index is 9.75. The third-order valence-electron chi connectivity index (χ3n) is 2.89. The van der Waals surface area contributed by atoms with Crippen molar-refractivity contribution in [1.29, 1.82) is 0 Å². The predicted molar refractivity (Wildman–Crippen MR) is 76.4 cm³/mol. The molecule has 2 aromatic rings. The topological polar surface area (TPSA) is 32.3 Å². The highest BCUT2D eigenvalue weighted by Gasteiger charge is 2.02. The van der Waals surface area contributed by atoms with Crippen molar-refractivity contribution in [3.63, 3.8) is 0 Å². The van der Waals surface area contributed by atoms with E-state index in [-0.39, 0.29) is 0 Å². The van der Waals surface area contributed by atoms with Crippen molar-refractivity contribution in [3.8, 4) is 5.75 Å². The summed E-state index contributed by atoms with van der Waals surface area (Å²) in [4.78, 5) is 0. The molecule has 3 heteroatoms. The van der Waals surface area contributed by atoms with Crippen LogP contribution >= 0.6 is 11.6 Å². The number of halogens is 1.